The van der Waals surface area contributed by atoms with Crippen molar-refractivity contribution in [2.24, 2.45) is 0 Å². The molecule has 2 aromatic heterocycles. The largest absolute Gasteiger partial charge is 0.423 e. The summed E-state index contributed by atoms with van der Waals surface area (Å²) in [4.78, 5) is 39.7. The molecule has 3 N–H and O–H groups in total. The first kappa shape index (κ1) is 14.7. The lowest BCUT2D eigenvalue weighted by Crippen LogP contribution is -2.29. The van der Waals surface area contributed by atoms with Gasteiger partial charge in [0.05, 0.1) is 11.0 Å². The number of hydrogen-bond donors (Lipinski definition) is 3. The number of nitrogens with one attached hydrogen (secondary N) is 3. The number of fused-ring (bicyclic) bond motifs is 1. The Morgan fingerprint density at radius 1 is 1.17 bits per heavy atom. The molecule has 2 heterocycles. The summed E-state index contributed by atoms with van der Waals surface area (Å²) in [5, 5.41) is 10.3. The van der Waals surface area contributed by atoms with Crippen LogP contribution in [0, 0.1) is 6.92 Å². The van der Waals surface area contributed by atoms with Gasteiger partial charge in [0, 0.05) is 12.5 Å². The number of benzene rings is 1. The lowest BCUT2D eigenvalue weighted by atomic mass is 10.1. The lowest BCUT2D eigenvalue weighted by molar-refractivity contribution is 0.0934. The van der Waals surface area contributed by atoms with Gasteiger partial charge in [-0.1, -0.05) is 0 Å². The molecule has 0 fully saturated rings. The average molecular weight is 315 g/mol. The minimum absolute atomic E-state index is 0.300. The van der Waals surface area contributed by atoms with Gasteiger partial charge >= 0.3 is 11.1 Å². The third-order valence-electron chi connectivity index (χ3n) is 3.24. The molecule has 3 rings (SSSR count). The van der Waals surface area contributed by atoms with Crippen LogP contribution in [-0.4, -0.2) is 26.1 Å². The molecule has 0 aliphatic carbocycles. The number of aryl methyl sites for hydroxylation is 1. The Labute approximate surface area is 128 Å². The predicted octanol–water partition coefficient (Wildman–Crippen LogP) is 0.399. The Balaban J connectivity index is 1.87. The van der Waals surface area contributed by atoms with Crippen molar-refractivity contribution in [2.75, 3.05) is 0 Å². The first-order valence-corrected chi connectivity index (χ1v) is 6.81. The Hall–Kier alpha value is -3.23. The van der Waals surface area contributed by atoms with Crippen molar-refractivity contribution in [1.29, 1.82) is 0 Å². The van der Waals surface area contributed by atoms with Gasteiger partial charge in [-0.15, -0.1) is 10.2 Å². The van der Waals surface area contributed by atoms with Crippen LogP contribution in [0.25, 0.3) is 11.0 Å². The lowest BCUT2D eigenvalue weighted by Gasteiger charge is -2.10. The van der Waals surface area contributed by atoms with Crippen LogP contribution >= 0.6 is 0 Å². The Morgan fingerprint density at radius 2 is 1.87 bits per heavy atom. The second kappa shape index (κ2) is 5.52. The number of H-pyrrole nitrogens is 2. The van der Waals surface area contributed by atoms with Gasteiger partial charge in [-0.05, 0) is 25.1 Å². The van der Waals surface area contributed by atoms with E-state index < -0.39 is 17.2 Å². The van der Waals surface area contributed by atoms with Crippen LogP contribution in [0.2, 0.25) is 0 Å². The molecule has 1 atom stereocenters. The summed E-state index contributed by atoms with van der Waals surface area (Å²) >= 11 is 0. The standard InChI is InChI=1S/C14H13N5O4/c1-6(14-19-18-7(2)23-14)15-11(20)8-3-4-9-10(5-8)17-13(22)12(21)16-9/h3-6H,1-2H3,(H,15,20)(H,16,21)(H,17,22). The van der Waals surface area contributed by atoms with Crippen molar-refractivity contribution in [3.05, 3.63) is 56.3 Å². The molecular weight excluding hydrogens is 302 g/mol. The Bertz CT molecular complexity index is 1000. The molecule has 0 bridgehead atoms. The van der Waals surface area contributed by atoms with Gasteiger partial charge in [0.1, 0.15) is 6.04 Å². The molecule has 1 amide bonds. The van der Waals surface area contributed by atoms with Crippen LogP contribution in [0.4, 0.5) is 0 Å². The normalized spacial score (nSPS) is 12.3. The fourth-order valence-corrected chi connectivity index (χ4v) is 2.08. The number of aromatic nitrogens is 4. The monoisotopic (exact) mass is 315 g/mol. The molecule has 9 heteroatoms. The van der Waals surface area contributed by atoms with E-state index in [-0.39, 0.29) is 5.91 Å². The molecule has 0 aliphatic heterocycles. The number of carbonyl (C=O) groups is 1. The fraction of sp³-hybridized carbons (Fsp3) is 0.214. The number of carbonyl (C=O) groups excluding carboxylic acids is 1. The molecule has 0 spiro atoms. The zero-order chi connectivity index (χ0) is 16.6. The van der Waals surface area contributed by atoms with E-state index >= 15 is 0 Å². The number of nitrogens with zero attached hydrogens (tertiary/aromatic N) is 2. The van der Waals surface area contributed by atoms with Crippen molar-refractivity contribution in [1.82, 2.24) is 25.5 Å². The highest BCUT2D eigenvalue weighted by molar-refractivity contribution is 5.97. The molecule has 0 radical (unpaired) electrons. The van der Waals surface area contributed by atoms with Gasteiger partial charge in [0.25, 0.3) is 5.91 Å². The zero-order valence-electron chi connectivity index (χ0n) is 12.3. The maximum atomic E-state index is 12.3. The molecule has 1 aromatic carbocycles. The van der Waals surface area contributed by atoms with Crippen molar-refractivity contribution in [3.63, 3.8) is 0 Å². The molecule has 23 heavy (non-hydrogen) atoms. The van der Waals surface area contributed by atoms with Crippen molar-refractivity contribution in [2.45, 2.75) is 19.9 Å². The molecule has 9 nitrogen and oxygen atoms in total. The van der Waals surface area contributed by atoms with Crippen molar-refractivity contribution >= 4 is 16.9 Å². The highest BCUT2D eigenvalue weighted by Gasteiger charge is 2.16. The second-order valence-corrected chi connectivity index (χ2v) is 5.02. The third-order valence-corrected chi connectivity index (χ3v) is 3.24. The predicted molar refractivity (Wildman–Crippen MR) is 80.1 cm³/mol. The molecule has 3 aromatic rings. The summed E-state index contributed by atoms with van der Waals surface area (Å²) in [6.45, 7) is 3.37. The summed E-state index contributed by atoms with van der Waals surface area (Å²) in [5.41, 5.74) is -0.390. The topological polar surface area (TPSA) is 134 Å². The molecule has 118 valence electrons. The van der Waals surface area contributed by atoms with Crippen molar-refractivity contribution < 1.29 is 9.21 Å². The highest BCUT2D eigenvalue weighted by atomic mass is 16.4. The minimum Gasteiger partial charge on any atom is -0.423 e. The fourth-order valence-electron chi connectivity index (χ4n) is 2.08. The van der Waals surface area contributed by atoms with E-state index in [0.29, 0.717) is 28.4 Å². The molecule has 1 unspecified atom stereocenters. The molecule has 0 aliphatic rings. The Morgan fingerprint density at radius 3 is 2.52 bits per heavy atom. The van der Waals surface area contributed by atoms with Gasteiger partial charge in [-0.25, -0.2) is 0 Å². The smallest absolute Gasteiger partial charge is 0.314 e. The van der Waals surface area contributed by atoms with Gasteiger partial charge < -0.3 is 19.7 Å². The third kappa shape index (κ3) is 2.89. The van der Waals surface area contributed by atoms with Crippen LogP contribution in [-0.2, 0) is 0 Å². The summed E-state index contributed by atoms with van der Waals surface area (Å²) < 4.78 is 5.26. The number of aromatic amines is 2. The number of amides is 1. The van der Waals surface area contributed by atoms with Crippen LogP contribution in [0.3, 0.4) is 0 Å². The van der Waals surface area contributed by atoms with Gasteiger partial charge in [0.15, 0.2) is 0 Å². The molecule has 0 saturated carbocycles. The van der Waals surface area contributed by atoms with E-state index in [2.05, 4.69) is 25.5 Å². The maximum absolute atomic E-state index is 12.3. The van der Waals surface area contributed by atoms with Gasteiger partial charge in [-0.2, -0.15) is 0 Å². The summed E-state index contributed by atoms with van der Waals surface area (Å²) in [7, 11) is 0. The highest BCUT2D eigenvalue weighted by Crippen LogP contribution is 2.13. The van der Waals surface area contributed by atoms with Crippen LogP contribution in [0.1, 0.15) is 35.1 Å². The summed E-state index contributed by atoms with van der Waals surface area (Å²) in [6.07, 6.45) is 0. The summed E-state index contributed by atoms with van der Waals surface area (Å²) in [5.74, 6) is 0.338. The van der Waals surface area contributed by atoms with Gasteiger partial charge in [0.2, 0.25) is 11.8 Å². The van der Waals surface area contributed by atoms with Crippen LogP contribution < -0.4 is 16.4 Å². The van der Waals surface area contributed by atoms with E-state index in [1.54, 1.807) is 19.9 Å². The van der Waals surface area contributed by atoms with E-state index in [1.807, 2.05) is 0 Å². The number of rotatable bonds is 3. The second-order valence-electron chi connectivity index (χ2n) is 5.02. The first-order valence-electron chi connectivity index (χ1n) is 6.81. The van der Waals surface area contributed by atoms with E-state index in [9.17, 15) is 14.4 Å². The first-order chi connectivity index (χ1) is 10.9. The molecular formula is C14H13N5O4. The zero-order valence-corrected chi connectivity index (χ0v) is 12.3. The molecule has 0 saturated heterocycles. The van der Waals surface area contributed by atoms with Gasteiger partial charge in [-0.3, -0.25) is 14.4 Å². The van der Waals surface area contributed by atoms with Crippen molar-refractivity contribution in [3.8, 4) is 0 Å². The quantitative estimate of drug-likeness (QED) is 0.599. The summed E-state index contributed by atoms with van der Waals surface area (Å²) in [6, 6.07) is 4.10. The maximum Gasteiger partial charge on any atom is 0.314 e. The van der Waals surface area contributed by atoms with E-state index in [4.69, 9.17) is 4.42 Å². The number of hydrogen-bond acceptors (Lipinski definition) is 6. The SMILES string of the molecule is Cc1nnc(C(C)NC(=O)c2ccc3[nH]c(=O)c(=O)[nH]c3c2)o1. The van der Waals surface area contributed by atoms with E-state index in [1.165, 1.54) is 12.1 Å². The van der Waals surface area contributed by atoms with Crippen LogP contribution in [0.5, 0.6) is 0 Å². The Kier molecular flexibility index (Phi) is 3.53. The van der Waals surface area contributed by atoms with Crippen LogP contribution in [0.15, 0.2) is 32.2 Å². The minimum atomic E-state index is -0.773. The van der Waals surface area contributed by atoms with E-state index in [0.717, 1.165) is 0 Å². The average Bonchev–Trinajstić information content (AvgIpc) is 2.94.